The Labute approximate surface area is 108 Å². The van der Waals surface area contributed by atoms with Crippen LogP contribution < -0.4 is 5.73 Å². The summed E-state index contributed by atoms with van der Waals surface area (Å²) in [5.74, 6) is 0. The second-order valence-electron chi connectivity index (χ2n) is 5.10. The molecule has 0 aliphatic rings. The minimum Gasteiger partial charge on any atom is -0.380 e. The topological polar surface area (TPSA) is 35.2 Å². The smallest absolute Gasteiger partial charge is 0.0617 e. The molecule has 0 saturated carbocycles. The Kier molecular flexibility index (Phi) is 13.9. The Morgan fingerprint density at radius 3 is 2.00 bits per heavy atom. The molecule has 0 heterocycles. The fourth-order valence-electron chi connectivity index (χ4n) is 2.00. The van der Waals surface area contributed by atoms with Crippen molar-refractivity contribution in [2.75, 3.05) is 13.2 Å². The second-order valence-corrected chi connectivity index (χ2v) is 5.10. The van der Waals surface area contributed by atoms with Gasteiger partial charge in [-0.3, -0.25) is 0 Å². The summed E-state index contributed by atoms with van der Waals surface area (Å²) in [4.78, 5) is 0. The van der Waals surface area contributed by atoms with Gasteiger partial charge in [0.2, 0.25) is 0 Å². The molecule has 104 valence electrons. The number of rotatable bonds is 13. The lowest BCUT2D eigenvalue weighted by atomic mass is 10.1. The van der Waals surface area contributed by atoms with Crippen molar-refractivity contribution in [1.29, 1.82) is 0 Å². The zero-order valence-electron chi connectivity index (χ0n) is 12.0. The van der Waals surface area contributed by atoms with Crippen LogP contribution in [0.25, 0.3) is 0 Å². The van der Waals surface area contributed by atoms with Gasteiger partial charge in [-0.1, -0.05) is 65.2 Å². The molecule has 0 aromatic rings. The standard InChI is InChI=1S/C15H33NO/c1-3-5-6-7-8-9-10-11-12-15(16)14-17-13-4-2/h15H,3-14,16H2,1-2H3. The maximum Gasteiger partial charge on any atom is 0.0617 e. The molecule has 2 N–H and O–H groups in total. The van der Waals surface area contributed by atoms with E-state index >= 15 is 0 Å². The minimum absolute atomic E-state index is 0.252. The van der Waals surface area contributed by atoms with Gasteiger partial charge in [-0.05, 0) is 12.8 Å². The maximum atomic E-state index is 5.97. The first-order valence-corrected chi connectivity index (χ1v) is 7.64. The highest BCUT2D eigenvalue weighted by molar-refractivity contribution is 4.60. The Morgan fingerprint density at radius 1 is 0.824 bits per heavy atom. The summed E-state index contributed by atoms with van der Waals surface area (Å²) in [6.45, 7) is 5.99. The van der Waals surface area contributed by atoms with E-state index in [1.165, 1.54) is 51.4 Å². The third-order valence-electron chi connectivity index (χ3n) is 3.11. The van der Waals surface area contributed by atoms with Crippen LogP contribution in [0, 0.1) is 0 Å². The summed E-state index contributed by atoms with van der Waals surface area (Å²) < 4.78 is 5.44. The lowest BCUT2D eigenvalue weighted by Gasteiger charge is -2.11. The van der Waals surface area contributed by atoms with Crippen LogP contribution in [0.1, 0.15) is 78.1 Å². The summed E-state index contributed by atoms with van der Waals surface area (Å²) in [5.41, 5.74) is 5.97. The lowest BCUT2D eigenvalue weighted by Crippen LogP contribution is -2.26. The number of nitrogens with two attached hydrogens (primary N) is 1. The van der Waals surface area contributed by atoms with Gasteiger partial charge in [-0.2, -0.15) is 0 Å². The van der Waals surface area contributed by atoms with E-state index in [1.807, 2.05) is 0 Å². The molecule has 2 heteroatoms. The van der Waals surface area contributed by atoms with E-state index in [9.17, 15) is 0 Å². The molecule has 0 aliphatic carbocycles. The van der Waals surface area contributed by atoms with Gasteiger partial charge < -0.3 is 10.5 Å². The number of hydrogen-bond acceptors (Lipinski definition) is 2. The molecular formula is C15H33NO. The Hall–Kier alpha value is -0.0800. The highest BCUT2D eigenvalue weighted by Crippen LogP contribution is 2.10. The average Bonchev–Trinajstić information content (AvgIpc) is 2.33. The average molecular weight is 243 g/mol. The van der Waals surface area contributed by atoms with Gasteiger partial charge in [0, 0.05) is 12.6 Å². The molecule has 0 radical (unpaired) electrons. The van der Waals surface area contributed by atoms with Crippen LogP contribution in [0.2, 0.25) is 0 Å². The Bertz CT molecular complexity index is 139. The van der Waals surface area contributed by atoms with Crippen LogP contribution in [0.4, 0.5) is 0 Å². The molecule has 2 nitrogen and oxygen atoms in total. The predicted octanol–water partition coefficient (Wildman–Crippen LogP) is 4.27. The number of ether oxygens (including phenoxy) is 1. The van der Waals surface area contributed by atoms with E-state index in [1.54, 1.807) is 0 Å². The quantitative estimate of drug-likeness (QED) is 0.490. The summed E-state index contributed by atoms with van der Waals surface area (Å²) in [5, 5.41) is 0. The van der Waals surface area contributed by atoms with E-state index in [-0.39, 0.29) is 6.04 Å². The number of hydrogen-bond donors (Lipinski definition) is 1. The monoisotopic (exact) mass is 243 g/mol. The molecule has 0 saturated heterocycles. The van der Waals surface area contributed by atoms with Crippen molar-refractivity contribution in [2.24, 2.45) is 5.73 Å². The van der Waals surface area contributed by atoms with Gasteiger partial charge in [0.1, 0.15) is 0 Å². The summed E-state index contributed by atoms with van der Waals surface area (Å²) in [6.07, 6.45) is 13.2. The van der Waals surface area contributed by atoms with Crippen LogP contribution in [0.5, 0.6) is 0 Å². The first kappa shape index (κ1) is 16.9. The maximum absolute atomic E-state index is 5.97. The van der Waals surface area contributed by atoms with Gasteiger partial charge in [-0.15, -0.1) is 0 Å². The molecule has 0 aromatic heterocycles. The fraction of sp³-hybridized carbons (Fsp3) is 1.00. The fourth-order valence-corrected chi connectivity index (χ4v) is 2.00. The van der Waals surface area contributed by atoms with Crippen LogP contribution in [0.3, 0.4) is 0 Å². The molecule has 17 heavy (non-hydrogen) atoms. The van der Waals surface area contributed by atoms with Crippen LogP contribution in [0.15, 0.2) is 0 Å². The Balaban J connectivity index is 3.05. The van der Waals surface area contributed by atoms with Crippen molar-refractivity contribution in [3.63, 3.8) is 0 Å². The number of unbranched alkanes of at least 4 members (excludes halogenated alkanes) is 7. The summed E-state index contributed by atoms with van der Waals surface area (Å²) in [6, 6.07) is 0.252. The highest BCUT2D eigenvalue weighted by atomic mass is 16.5. The summed E-state index contributed by atoms with van der Waals surface area (Å²) in [7, 11) is 0. The predicted molar refractivity (Wildman–Crippen MR) is 76.3 cm³/mol. The molecule has 1 unspecified atom stereocenters. The van der Waals surface area contributed by atoms with Gasteiger partial charge in [0.05, 0.1) is 6.61 Å². The van der Waals surface area contributed by atoms with Crippen LogP contribution in [-0.2, 0) is 4.74 Å². The molecule has 1 atom stereocenters. The normalized spacial score (nSPS) is 12.9. The summed E-state index contributed by atoms with van der Waals surface area (Å²) >= 11 is 0. The zero-order chi connectivity index (χ0) is 12.8. The molecule has 0 rings (SSSR count). The molecule has 0 bridgehead atoms. The molecular weight excluding hydrogens is 210 g/mol. The van der Waals surface area contributed by atoms with E-state index in [0.29, 0.717) is 0 Å². The van der Waals surface area contributed by atoms with E-state index in [2.05, 4.69) is 13.8 Å². The highest BCUT2D eigenvalue weighted by Gasteiger charge is 2.01. The van der Waals surface area contributed by atoms with E-state index in [0.717, 1.165) is 26.1 Å². The van der Waals surface area contributed by atoms with Crippen molar-refractivity contribution >= 4 is 0 Å². The third-order valence-corrected chi connectivity index (χ3v) is 3.11. The molecule has 0 aliphatic heterocycles. The van der Waals surface area contributed by atoms with Crippen molar-refractivity contribution in [1.82, 2.24) is 0 Å². The Morgan fingerprint density at radius 2 is 1.41 bits per heavy atom. The molecule has 0 fully saturated rings. The zero-order valence-corrected chi connectivity index (χ0v) is 12.0. The largest absolute Gasteiger partial charge is 0.380 e. The first-order valence-electron chi connectivity index (χ1n) is 7.64. The van der Waals surface area contributed by atoms with Crippen LogP contribution in [-0.4, -0.2) is 19.3 Å². The minimum atomic E-state index is 0.252. The van der Waals surface area contributed by atoms with Crippen molar-refractivity contribution in [2.45, 2.75) is 84.1 Å². The van der Waals surface area contributed by atoms with E-state index in [4.69, 9.17) is 10.5 Å². The third kappa shape index (κ3) is 13.9. The van der Waals surface area contributed by atoms with Crippen LogP contribution >= 0.6 is 0 Å². The van der Waals surface area contributed by atoms with Crippen molar-refractivity contribution in [3.8, 4) is 0 Å². The molecule has 0 aromatic carbocycles. The van der Waals surface area contributed by atoms with Crippen molar-refractivity contribution < 1.29 is 4.74 Å². The first-order chi connectivity index (χ1) is 8.31. The SMILES string of the molecule is CCCCCCCCCCC(N)COCCC. The lowest BCUT2D eigenvalue weighted by molar-refractivity contribution is 0.118. The van der Waals surface area contributed by atoms with E-state index < -0.39 is 0 Å². The second kappa shape index (κ2) is 14.0. The molecule has 0 spiro atoms. The van der Waals surface area contributed by atoms with Gasteiger partial charge in [0.25, 0.3) is 0 Å². The van der Waals surface area contributed by atoms with Gasteiger partial charge in [-0.25, -0.2) is 0 Å². The molecule has 0 amide bonds. The van der Waals surface area contributed by atoms with Gasteiger partial charge >= 0.3 is 0 Å². The van der Waals surface area contributed by atoms with Gasteiger partial charge in [0.15, 0.2) is 0 Å². The van der Waals surface area contributed by atoms with Crippen molar-refractivity contribution in [3.05, 3.63) is 0 Å².